The summed E-state index contributed by atoms with van der Waals surface area (Å²) in [5, 5.41) is 0. The third-order valence-electron chi connectivity index (χ3n) is 2.70. The van der Waals surface area contributed by atoms with E-state index in [9.17, 15) is 0 Å². The van der Waals surface area contributed by atoms with Crippen molar-refractivity contribution in [2.75, 3.05) is 0 Å². The van der Waals surface area contributed by atoms with Crippen LogP contribution in [0.3, 0.4) is 0 Å². The second kappa shape index (κ2) is 4.66. The van der Waals surface area contributed by atoms with Crippen molar-refractivity contribution in [1.82, 2.24) is 0 Å². The van der Waals surface area contributed by atoms with Gasteiger partial charge in [0.2, 0.25) is 0 Å². The Labute approximate surface area is 111 Å². The lowest BCUT2D eigenvalue weighted by atomic mass is 9.75. The zero-order chi connectivity index (χ0) is 11.8. The Morgan fingerprint density at radius 2 is 1.94 bits per heavy atom. The average Bonchev–Trinajstić information content (AvgIpc) is 2.15. The van der Waals surface area contributed by atoms with Gasteiger partial charge in [0.1, 0.15) is 0 Å². The summed E-state index contributed by atoms with van der Waals surface area (Å²) in [5.41, 5.74) is 0.991. The van der Waals surface area contributed by atoms with E-state index in [0.29, 0.717) is 0 Å². The molecule has 0 spiro atoms. The molecule has 0 amide bonds. The molecule has 0 radical (unpaired) electrons. The summed E-state index contributed by atoms with van der Waals surface area (Å²) >= 11 is 2.30. The number of rotatable bonds is 1. The molecular formula is C12H16BIO2. The van der Waals surface area contributed by atoms with Crippen LogP contribution in [0, 0.1) is 3.57 Å². The molecule has 86 valence electrons. The van der Waals surface area contributed by atoms with Crippen LogP contribution in [0.5, 0.6) is 0 Å². The van der Waals surface area contributed by atoms with E-state index in [1.807, 2.05) is 0 Å². The molecule has 0 saturated carbocycles. The highest BCUT2D eigenvalue weighted by atomic mass is 127. The molecule has 1 aromatic rings. The maximum atomic E-state index is 5.95. The zero-order valence-corrected chi connectivity index (χ0v) is 12.0. The van der Waals surface area contributed by atoms with Crippen LogP contribution < -0.4 is 5.46 Å². The molecule has 2 nitrogen and oxygen atoms in total. The smallest absolute Gasteiger partial charge is 0.405 e. The second-order valence-corrected chi connectivity index (χ2v) is 6.16. The predicted molar refractivity (Wildman–Crippen MR) is 74.9 cm³/mol. The van der Waals surface area contributed by atoms with Crippen molar-refractivity contribution in [3.8, 4) is 0 Å². The van der Waals surface area contributed by atoms with E-state index in [0.717, 1.165) is 11.9 Å². The topological polar surface area (TPSA) is 18.5 Å². The molecule has 1 unspecified atom stereocenters. The number of hydrogen-bond donors (Lipinski definition) is 0. The molecule has 1 aliphatic heterocycles. The summed E-state index contributed by atoms with van der Waals surface area (Å²) in [6.07, 6.45) is 1.18. The highest BCUT2D eigenvalue weighted by Crippen LogP contribution is 2.25. The van der Waals surface area contributed by atoms with Gasteiger partial charge in [-0.15, -0.1) is 0 Å². The van der Waals surface area contributed by atoms with Gasteiger partial charge in [0.25, 0.3) is 0 Å². The fraction of sp³-hybridized carbons (Fsp3) is 0.500. The Morgan fingerprint density at radius 3 is 2.50 bits per heavy atom. The summed E-state index contributed by atoms with van der Waals surface area (Å²) in [7, 11) is -0.226. The third-order valence-corrected chi connectivity index (χ3v) is 3.42. The summed E-state index contributed by atoms with van der Waals surface area (Å²) in [5.74, 6) is 0. The van der Waals surface area contributed by atoms with Crippen LogP contribution in [0.1, 0.15) is 27.2 Å². The van der Waals surface area contributed by atoms with Crippen molar-refractivity contribution in [3.05, 3.63) is 27.8 Å². The first kappa shape index (κ1) is 12.4. The minimum Gasteiger partial charge on any atom is -0.405 e. The first-order valence-corrected chi connectivity index (χ1v) is 6.63. The molecule has 0 N–H and O–H groups in total. The average molecular weight is 330 g/mol. The molecule has 2 rings (SSSR count). The zero-order valence-electron chi connectivity index (χ0n) is 9.87. The van der Waals surface area contributed by atoms with E-state index in [2.05, 4.69) is 67.6 Å². The van der Waals surface area contributed by atoms with Gasteiger partial charge in [0.05, 0.1) is 5.60 Å². The van der Waals surface area contributed by atoms with Crippen LogP contribution in [0.15, 0.2) is 24.3 Å². The van der Waals surface area contributed by atoms with Gasteiger partial charge in [-0.1, -0.05) is 12.1 Å². The normalized spacial score (nSPS) is 24.5. The lowest BCUT2D eigenvalue weighted by molar-refractivity contribution is -0.0229. The van der Waals surface area contributed by atoms with E-state index in [1.165, 1.54) is 3.57 Å². The molecule has 1 heterocycles. The van der Waals surface area contributed by atoms with Gasteiger partial charge in [-0.05, 0) is 67.4 Å². The fourth-order valence-electron chi connectivity index (χ4n) is 2.08. The molecule has 1 atom stereocenters. The molecule has 1 aromatic carbocycles. The van der Waals surface area contributed by atoms with E-state index in [-0.39, 0.29) is 18.8 Å². The van der Waals surface area contributed by atoms with Crippen LogP contribution in [-0.4, -0.2) is 18.8 Å². The first-order chi connectivity index (χ1) is 7.46. The maximum Gasteiger partial charge on any atom is 0.494 e. The van der Waals surface area contributed by atoms with Crippen molar-refractivity contribution in [1.29, 1.82) is 0 Å². The minimum absolute atomic E-state index is 0.106. The molecule has 1 aliphatic rings. The lowest BCUT2D eigenvalue weighted by Crippen LogP contribution is -2.51. The molecule has 0 aliphatic carbocycles. The quantitative estimate of drug-likeness (QED) is 0.582. The minimum atomic E-state index is -0.226. The van der Waals surface area contributed by atoms with E-state index in [1.54, 1.807) is 0 Å². The van der Waals surface area contributed by atoms with Gasteiger partial charge in [-0.25, -0.2) is 0 Å². The largest absolute Gasteiger partial charge is 0.494 e. The molecule has 16 heavy (non-hydrogen) atoms. The lowest BCUT2D eigenvalue weighted by Gasteiger charge is -2.38. The summed E-state index contributed by atoms with van der Waals surface area (Å²) in [6, 6.07) is 8.30. The van der Waals surface area contributed by atoms with Crippen molar-refractivity contribution in [2.45, 2.75) is 38.9 Å². The Bertz CT molecular complexity index is 364. The number of benzene rings is 1. The number of halogens is 1. The molecule has 1 fully saturated rings. The van der Waals surface area contributed by atoms with Crippen LogP contribution in [0.4, 0.5) is 0 Å². The van der Waals surface area contributed by atoms with Crippen LogP contribution >= 0.6 is 22.6 Å². The Morgan fingerprint density at radius 1 is 1.31 bits per heavy atom. The van der Waals surface area contributed by atoms with Crippen molar-refractivity contribution in [3.63, 3.8) is 0 Å². The Kier molecular flexibility index (Phi) is 3.61. The highest BCUT2D eigenvalue weighted by molar-refractivity contribution is 14.1. The number of hydrogen-bond acceptors (Lipinski definition) is 2. The summed E-state index contributed by atoms with van der Waals surface area (Å²) < 4.78 is 13.0. The van der Waals surface area contributed by atoms with Crippen LogP contribution in [-0.2, 0) is 9.31 Å². The van der Waals surface area contributed by atoms with E-state index >= 15 is 0 Å². The Hall–Kier alpha value is -0.0651. The molecule has 4 heteroatoms. The van der Waals surface area contributed by atoms with Gasteiger partial charge in [0, 0.05) is 9.67 Å². The van der Waals surface area contributed by atoms with E-state index in [4.69, 9.17) is 9.31 Å². The second-order valence-electron chi connectivity index (χ2n) is 4.91. The maximum absolute atomic E-state index is 5.95. The third kappa shape index (κ3) is 2.99. The van der Waals surface area contributed by atoms with Crippen molar-refractivity contribution >= 4 is 35.2 Å². The summed E-state index contributed by atoms with van der Waals surface area (Å²) in [6.45, 7) is 6.33. The monoisotopic (exact) mass is 330 g/mol. The summed E-state index contributed by atoms with van der Waals surface area (Å²) in [4.78, 5) is 0. The van der Waals surface area contributed by atoms with Gasteiger partial charge in [0.15, 0.2) is 0 Å². The fourth-order valence-corrected chi connectivity index (χ4v) is 2.44. The van der Waals surface area contributed by atoms with Crippen molar-refractivity contribution in [2.24, 2.45) is 0 Å². The standard InChI is InChI=1S/C12H16BIO2/c1-9-8-12(2,3)16-13(15-9)10-4-6-11(14)7-5-10/h4-7,9H,8H2,1-3H3. The predicted octanol–water partition coefficient (Wildman–Crippen LogP) is 2.59. The molecular weight excluding hydrogens is 314 g/mol. The van der Waals surface area contributed by atoms with Crippen LogP contribution in [0.2, 0.25) is 0 Å². The first-order valence-electron chi connectivity index (χ1n) is 5.55. The Balaban J connectivity index is 2.17. The SMILES string of the molecule is CC1CC(C)(C)OB(c2ccc(I)cc2)O1. The van der Waals surface area contributed by atoms with Gasteiger partial charge in [-0.3, -0.25) is 0 Å². The van der Waals surface area contributed by atoms with Crippen LogP contribution in [0.25, 0.3) is 0 Å². The van der Waals surface area contributed by atoms with Gasteiger partial charge < -0.3 is 9.31 Å². The van der Waals surface area contributed by atoms with Crippen molar-refractivity contribution < 1.29 is 9.31 Å². The molecule has 1 saturated heterocycles. The molecule has 0 aromatic heterocycles. The van der Waals surface area contributed by atoms with E-state index < -0.39 is 0 Å². The highest BCUT2D eigenvalue weighted by Gasteiger charge is 2.37. The van der Waals surface area contributed by atoms with Gasteiger partial charge >= 0.3 is 7.12 Å². The van der Waals surface area contributed by atoms with Gasteiger partial charge in [-0.2, -0.15) is 0 Å². The molecule has 0 bridgehead atoms.